The van der Waals surface area contributed by atoms with E-state index in [1.807, 2.05) is 53.4 Å². The summed E-state index contributed by atoms with van der Waals surface area (Å²) in [6.07, 6.45) is 9.16. The number of hydrogen-bond donors (Lipinski definition) is 0. The van der Waals surface area contributed by atoms with Crippen molar-refractivity contribution in [2.75, 3.05) is 0 Å². The third-order valence-corrected chi connectivity index (χ3v) is 3.53. The molecule has 0 aliphatic rings. The van der Waals surface area contributed by atoms with Gasteiger partial charge in [-0.1, -0.05) is 23.4 Å². The molecule has 112 valence electrons. The molecule has 3 heterocycles. The van der Waals surface area contributed by atoms with Gasteiger partial charge in [-0.2, -0.15) is 0 Å². The highest BCUT2D eigenvalue weighted by molar-refractivity contribution is 5.61. The summed E-state index contributed by atoms with van der Waals surface area (Å²) in [4.78, 5) is 8.38. The van der Waals surface area contributed by atoms with E-state index in [1.165, 1.54) is 0 Å². The normalized spacial score (nSPS) is 10.8. The second-order valence-electron chi connectivity index (χ2n) is 5.14. The highest BCUT2D eigenvalue weighted by Crippen LogP contribution is 2.19. The van der Waals surface area contributed by atoms with E-state index in [9.17, 15) is 0 Å². The molecular weight excluding hydrogens is 288 g/mol. The van der Waals surface area contributed by atoms with Gasteiger partial charge in [0, 0.05) is 29.8 Å². The third kappa shape index (κ3) is 2.87. The summed E-state index contributed by atoms with van der Waals surface area (Å²) in [5.74, 6) is 0. The number of rotatable bonds is 4. The van der Waals surface area contributed by atoms with Gasteiger partial charge < -0.3 is 4.57 Å². The molecule has 6 nitrogen and oxygen atoms in total. The zero-order valence-electron chi connectivity index (χ0n) is 12.3. The number of pyridine rings is 1. The Morgan fingerprint density at radius 2 is 2.00 bits per heavy atom. The molecule has 0 N–H and O–H groups in total. The SMILES string of the molecule is c1ccc(Cn2cc(-c3cccc(-n4ccnc4)c3)nn2)nc1. The second-order valence-corrected chi connectivity index (χ2v) is 5.14. The first-order chi connectivity index (χ1) is 11.4. The largest absolute Gasteiger partial charge is 0.306 e. The van der Waals surface area contributed by atoms with E-state index < -0.39 is 0 Å². The van der Waals surface area contributed by atoms with Crippen molar-refractivity contribution >= 4 is 0 Å². The lowest BCUT2D eigenvalue weighted by atomic mass is 10.1. The molecule has 0 saturated heterocycles. The fourth-order valence-corrected chi connectivity index (χ4v) is 2.40. The molecule has 0 spiro atoms. The molecule has 23 heavy (non-hydrogen) atoms. The zero-order valence-corrected chi connectivity index (χ0v) is 12.3. The monoisotopic (exact) mass is 302 g/mol. The van der Waals surface area contributed by atoms with Gasteiger partial charge in [-0.05, 0) is 24.3 Å². The van der Waals surface area contributed by atoms with Gasteiger partial charge >= 0.3 is 0 Å². The van der Waals surface area contributed by atoms with Crippen molar-refractivity contribution in [2.45, 2.75) is 6.54 Å². The Labute approximate surface area is 133 Å². The molecule has 0 saturated carbocycles. The maximum atomic E-state index is 4.31. The van der Waals surface area contributed by atoms with Gasteiger partial charge in [0.05, 0.1) is 24.8 Å². The molecule has 0 amide bonds. The highest BCUT2D eigenvalue weighted by Gasteiger charge is 2.06. The van der Waals surface area contributed by atoms with Crippen LogP contribution in [0.15, 0.2) is 73.6 Å². The minimum atomic E-state index is 0.606. The van der Waals surface area contributed by atoms with Crippen LogP contribution in [-0.2, 0) is 6.54 Å². The van der Waals surface area contributed by atoms with Crippen molar-refractivity contribution in [1.82, 2.24) is 29.5 Å². The van der Waals surface area contributed by atoms with Gasteiger partial charge in [-0.15, -0.1) is 5.10 Å². The van der Waals surface area contributed by atoms with Crippen LogP contribution in [0.25, 0.3) is 16.9 Å². The van der Waals surface area contributed by atoms with Gasteiger partial charge in [0.25, 0.3) is 0 Å². The van der Waals surface area contributed by atoms with Crippen LogP contribution in [0.4, 0.5) is 0 Å². The summed E-state index contributed by atoms with van der Waals surface area (Å²) >= 11 is 0. The van der Waals surface area contributed by atoms with Crippen LogP contribution in [0.1, 0.15) is 5.69 Å². The molecule has 0 radical (unpaired) electrons. The summed E-state index contributed by atoms with van der Waals surface area (Å²) < 4.78 is 3.75. The maximum Gasteiger partial charge on any atom is 0.113 e. The molecule has 0 unspecified atom stereocenters. The Morgan fingerprint density at radius 3 is 2.83 bits per heavy atom. The topological polar surface area (TPSA) is 61.4 Å². The minimum Gasteiger partial charge on any atom is -0.306 e. The van der Waals surface area contributed by atoms with Crippen molar-refractivity contribution in [3.05, 3.63) is 79.3 Å². The van der Waals surface area contributed by atoms with Crippen LogP contribution < -0.4 is 0 Å². The van der Waals surface area contributed by atoms with E-state index in [-0.39, 0.29) is 0 Å². The van der Waals surface area contributed by atoms with Crippen LogP contribution in [0.5, 0.6) is 0 Å². The molecule has 6 heteroatoms. The predicted molar refractivity (Wildman–Crippen MR) is 85.9 cm³/mol. The molecule has 0 fully saturated rings. The Morgan fingerprint density at radius 1 is 1.00 bits per heavy atom. The first kappa shape index (κ1) is 13.4. The summed E-state index contributed by atoms with van der Waals surface area (Å²) in [5, 5.41) is 8.45. The summed E-state index contributed by atoms with van der Waals surface area (Å²) in [6.45, 7) is 0.606. The number of imidazole rings is 1. The van der Waals surface area contributed by atoms with E-state index in [4.69, 9.17) is 0 Å². The first-order valence-corrected chi connectivity index (χ1v) is 7.27. The molecule has 4 aromatic rings. The summed E-state index contributed by atoms with van der Waals surface area (Å²) in [7, 11) is 0. The van der Waals surface area contributed by atoms with Gasteiger partial charge in [-0.25, -0.2) is 9.67 Å². The Bertz CT molecular complexity index is 896. The predicted octanol–water partition coefficient (Wildman–Crippen LogP) is 2.57. The molecular formula is C17H14N6. The molecule has 0 aliphatic carbocycles. The lowest BCUT2D eigenvalue weighted by Gasteiger charge is -2.03. The Kier molecular flexibility index (Phi) is 3.40. The van der Waals surface area contributed by atoms with E-state index in [2.05, 4.69) is 26.3 Å². The lowest BCUT2D eigenvalue weighted by Crippen LogP contribution is -2.01. The van der Waals surface area contributed by atoms with Crippen LogP contribution in [0, 0.1) is 0 Å². The second kappa shape index (κ2) is 5.84. The van der Waals surface area contributed by atoms with E-state index in [1.54, 1.807) is 23.4 Å². The van der Waals surface area contributed by atoms with Crippen LogP contribution in [0.3, 0.4) is 0 Å². The number of benzene rings is 1. The van der Waals surface area contributed by atoms with E-state index in [0.29, 0.717) is 6.54 Å². The van der Waals surface area contributed by atoms with Crippen molar-refractivity contribution in [2.24, 2.45) is 0 Å². The van der Waals surface area contributed by atoms with E-state index in [0.717, 1.165) is 22.6 Å². The number of aromatic nitrogens is 6. The number of nitrogens with zero attached hydrogens (tertiary/aromatic N) is 6. The van der Waals surface area contributed by atoms with Crippen LogP contribution >= 0.6 is 0 Å². The molecule has 0 bridgehead atoms. The molecule has 3 aromatic heterocycles. The zero-order chi connectivity index (χ0) is 15.5. The smallest absolute Gasteiger partial charge is 0.113 e. The van der Waals surface area contributed by atoms with Gasteiger partial charge in [0.2, 0.25) is 0 Å². The van der Waals surface area contributed by atoms with E-state index >= 15 is 0 Å². The quantitative estimate of drug-likeness (QED) is 0.581. The fourth-order valence-electron chi connectivity index (χ4n) is 2.40. The first-order valence-electron chi connectivity index (χ1n) is 7.27. The summed E-state index contributed by atoms with van der Waals surface area (Å²) in [6, 6.07) is 14.0. The molecule has 4 rings (SSSR count). The van der Waals surface area contributed by atoms with Gasteiger partial charge in [0.15, 0.2) is 0 Å². The van der Waals surface area contributed by atoms with Crippen molar-refractivity contribution in [1.29, 1.82) is 0 Å². The third-order valence-electron chi connectivity index (χ3n) is 3.53. The van der Waals surface area contributed by atoms with Crippen LogP contribution in [0.2, 0.25) is 0 Å². The minimum absolute atomic E-state index is 0.606. The Balaban J connectivity index is 1.61. The molecule has 0 atom stereocenters. The average Bonchev–Trinajstić information content (AvgIpc) is 3.28. The van der Waals surface area contributed by atoms with Gasteiger partial charge in [0.1, 0.15) is 5.69 Å². The Hall–Kier alpha value is -3.28. The van der Waals surface area contributed by atoms with Crippen molar-refractivity contribution < 1.29 is 0 Å². The van der Waals surface area contributed by atoms with Crippen molar-refractivity contribution in [3.8, 4) is 16.9 Å². The maximum absolute atomic E-state index is 4.31. The standard InChI is InChI=1S/C17H14N6/c1-2-7-19-15(5-1)11-23-12-17(20-21-23)14-4-3-6-16(10-14)22-9-8-18-13-22/h1-10,12-13H,11H2. The van der Waals surface area contributed by atoms with Crippen molar-refractivity contribution in [3.63, 3.8) is 0 Å². The molecule has 0 aliphatic heterocycles. The van der Waals surface area contributed by atoms with Gasteiger partial charge in [-0.3, -0.25) is 4.98 Å². The average molecular weight is 302 g/mol. The lowest BCUT2D eigenvalue weighted by molar-refractivity contribution is 0.639. The number of hydrogen-bond acceptors (Lipinski definition) is 4. The fraction of sp³-hybridized carbons (Fsp3) is 0.0588. The molecule has 1 aromatic carbocycles. The summed E-state index contributed by atoms with van der Waals surface area (Å²) in [5.41, 5.74) is 3.85. The highest BCUT2D eigenvalue weighted by atomic mass is 15.4. The van der Waals surface area contributed by atoms with Crippen LogP contribution in [-0.4, -0.2) is 29.5 Å².